The fraction of sp³-hybridized carbons (Fsp3) is 0.615. The van der Waals surface area contributed by atoms with Gasteiger partial charge in [-0.3, -0.25) is 0 Å². The summed E-state index contributed by atoms with van der Waals surface area (Å²) in [5.74, 6) is 1.00. The lowest BCUT2D eigenvalue weighted by atomic mass is 9.83. The van der Waals surface area contributed by atoms with Gasteiger partial charge >= 0.3 is 0 Å². The molecule has 1 aromatic heterocycles. The lowest BCUT2D eigenvalue weighted by Gasteiger charge is -2.37. The maximum Gasteiger partial charge on any atom is 0.128 e. The Labute approximate surface area is 108 Å². The van der Waals surface area contributed by atoms with Crippen LogP contribution in [0.25, 0.3) is 0 Å². The molecule has 0 spiro atoms. The van der Waals surface area contributed by atoms with Crippen LogP contribution in [0.15, 0.2) is 12.1 Å². The van der Waals surface area contributed by atoms with Gasteiger partial charge in [-0.2, -0.15) is 0 Å². The van der Waals surface area contributed by atoms with Crippen LogP contribution in [-0.4, -0.2) is 18.1 Å². The Morgan fingerprint density at radius 3 is 2.59 bits per heavy atom. The molecule has 1 aromatic rings. The first-order valence-corrected chi connectivity index (χ1v) is 6.50. The number of anilines is 1. The predicted molar refractivity (Wildman–Crippen MR) is 72.4 cm³/mol. The smallest absolute Gasteiger partial charge is 0.128 e. The molecule has 4 heteroatoms. The number of hydrogen-bond acceptors (Lipinski definition) is 3. The monoisotopic (exact) mass is 253 g/mol. The third kappa shape index (κ3) is 2.90. The largest absolute Gasteiger partial charge is 0.357 e. The maximum absolute atomic E-state index is 6.02. The van der Waals surface area contributed by atoms with Crippen LogP contribution in [0.2, 0.25) is 5.02 Å². The quantitative estimate of drug-likeness (QED) is 0.881. The Kier molecular flexibility index (Phi) is 3.59. The molecule has 94 valence electrons. The molecule has 0 atom stereocenters. The van der Waals surface area contributed by atoms with Gasteiger partial charge in [-0.1, -0.05) is 25.4 Å². The predicted octanol–water partition coefficient (Wildman–Crippen LogP) is 2.82. The lowest BCUT2D eigenvalue weighted by molar-refractivity contribution is 0.279. The van der Waals surface area contributed by atoms with Crippen molar-refractivity contribution in [2.24, 2.45) is 11.1 Å². The summed E-state index contributed by atoms with van der Waals surface area (Å²) >= 11 is 6.02. The van der Waals surface area contributed by atoms with Crippen molar-refractivity contribution in [1.82, 2.24) is 4.98 Å². The molecule has 3 nitrogen and oxygen atoms in total. The van der Waals surface area contributed by atoms with Crippen molar-refractivity contribution in [3.05, 3.63) is 22.8 Å². The first-order chi connectivity index (χ1) is 8.02. The van der Waals surface area contributed by atoms with Gasteiger partial charge in [0.15, 0.2) is 0 Å². The van der Waals surface area contributed by atoms with Crippen molar-refractivity contribution in [3.63, 3.8) is 0 Å². The molecule has 1 aliphatic rings. The molecule has 2 heterocycles. The highest BCUT2D eigenvalue weighted by Gasteiger charge is 2.26. The second-order valence-corrected chi connectivity index (χ2v) is 5.86. The van der Waals surface area contributed by atoms with E-state index in [1.54, 1.807) is 0 Å². The molecule has 1 saturated heterocycles. The molecule has 0 bridgehead atoms. The fourth-order valence-corrected chi connectivity index (χ4v) is 2.32. The van der Waals surface area contributed by atoms with Crippen LogP contribution in [0.3, 0.4) is 0 Å². The van der Waals surface area contributed by atoms with Crippen molar-refractivity contribution in [2.75, 3.05) is 18.0 Å². The second kappa shape index (κ2) is 4.83. The minimum Gasteiger partial charge on any atom is -0.357 e. The molecule has 2 rings (SSSR count). The zero-order valence-corrected chi connectivity index (χ0v) is 11.3. The Balaban J connectivity index is 2.13. The van der Waals surface area contributed by atoms with Gasteiger partial charge in [-0.05, 0) is 30.4 Å². The molecular weight excluding hydrogens is 234 g/mol. The van der Waals surface area contributed by atoms with Crippen molar-refractivity contribution in [1.29, 1.82) is 0 Å². The van der Waals surface area contributed by atoms with Crippen molar-refractivity contribution < 1.29 is 0 Å². The molecule has 0 aliphatic carbocycles. The molecule has 0 aromatic carbocycles. The van der Waals surface area contributed by atoms with Crippen LogP contribution < -0.4 is 10.6 Å². The Bertz CT molecular complexity index is 394. The van der Waals surface area contributed by atoms with E-state index in [-0.39, 0.29) is 0 Å². The molecule has 1 fully saturated rings. The molecule has 2 N–H and O–H groups in total. The lowest BCUT2D eigenvalue weighted by Crippen LogP contribution is -2.37. The van der Waals surface area contributed by atoms with E-state index in [1.807, 2.05) is 12.1 Å². The van der Waals surface area contributed by atoms with Crippen LogP contribution in [-0.2, 0) is 6.54 Å². The number of rotatable bonds is 2. The number of pyridine rings is 1. The van der Waals surface area contributed by atoms with E-state index in [0.717, 1.165) is 24.6 Å². The summed E-state index contributed by atoms with van der Waals surface area (Å²) in [5, 5.41) is 0.661. The maximum atomic E-state index is 6.02. The summed E-state index contributed by atoms with van der Waals surface area (Å²) in [5.41, 5.74) is 6.87. The SMILES string of the molecule is CC1(C)CCN(c2ccc(Cl)c(CN)n2)CC1. The normalized spacial score (nSPS) is 19.4. The number of piperidine rings is 1. The first kappa shape index (κ1) is 12.7. The fourth-order valence-electron chi connectivity index (χ4n) is 2.13. The van der Waals surface area contributed by atoms with Crippen molar-refractivity contribution in [2.45, 2.75) is 33.2 Å². The van der Waals surface area contributed by atoms with Crippen molar-refractivity contribution in [3.8, 4) is 0 Å². The van der Waals surface area contributed by atoms with Crippen LogP contribution in [0, 0.1) is 5.41 Å². The molecule has 0 saturated carbocycles. The van der Waals surface area contributed by atoms with Gasteiger partial charge in [-0.15, -0.1) is 0 Å². The first-order valence-electron chi connectivity index (χ1n) is 6.12. The standard InChI is InChI=1S/C13H20ClN3/c1-13(2)5-7-17(8-6-13)12-4-3-10(14)11(9-15)16-12/h3-4H,5-9,15H2,1-2H3. The van der Waals surface area contributed by atoms with Gasteiger partial charge in [0.05, 0.1) is 10.7 Å². The third-order valence-corrected chi connectivity index (χ3v) is 3.88. The third-order valence-electron chi connectivity index (χ3n) is 3.54. The number of nitrogens with zero attached hydrogens (tertiary/aromatic N) is 2. The number of halogens is 1. The van der Waals surface area contributed by atoms with E-state index < -0.39 is 0 Å². The van der Waals surface area contributed by atoms with Crippen molar-refractivity contribution >= 4 is 17.4 Å². The zero-order valence-electron chi connectivity index (χ0n) is 10.5. The minimum atomic E-state index is 0.395. The van der Waals surface area contributed by atoms with E-state index in [0.29, 0.717) is 17.0 Å². The molecule has 0 unspecified atom stereocenters. The highest BCUT2D eigenvalue weighted by atomic mass is 35.5. The zero-order chi connectivity index (χ0) is 12.5. The topological polar surface area (TPSA) is 42.1 Å². The summed E-state index contributed by atoms with van der Waals surface area (Å²) in [6, 6.07) is 3.88. The van der Waals surface area contributed by atoms with Gasteiger partial charge in [-0.25, -0.2) is 4.98 Å². The average molecular weight is 254 g/mol. The second-order valence-electron chi connectivity index (χ2n) is 5.45. The van der Waals surface area contributed by atoms with Crippen LogP contribution in [0.4, 0.5) is 5.82 Å². The summed E-state index contributed by atoms with van der Waals surface area (Å²) in [7, 11) is 0. The Morgan fingerprint density at radius 1 is 1.35 bits per heavy atom. The van der Waals surface area contributed by atoms with E-state index in [9.17, 15) is 0 Å². The Morgan fingerprint density at radius 2 is 2.00 bits per heavy atom. The highest BCUT2D eigenvalue weighted by molar-refractivity contribution is 6.31. The number of aromatic nitrogens is 1. The van der Waals surface area contributed by atoms with Gasteiger partial charge in [0.2, 0.25) is 0 Å². The van der Waals surface area contributed by atoms with Gasteiger partial charge in [0.1, 0.15) is 5.82 Å². The molecule has 17 heavy (non-hydrogen) atoms. The van der Waals surface area contributed by atoms with Crippen LogP contribution in [0.5, 0.6) is 0 Å². The molecular formula is C13H20ClN3. The van der Waals surface area contributed by atoms with E-state index in [1.165, 1.54) is 12.8 Å². The van der Waals surface area contributed by atoms with Crippen LogP contribution >= 0.6 is 11.6 Å². The van der Waals surface area contributed by atoms with Crippen LogP contribution in [0.1, 0.15) is 32.4 Å². The molecule has 0 radical (unpaired) electrons. The van der Waals surface area contributed by atoms with Gasteiger partial charge in [0.25, 0.3) is 0 Å². The van der Waals surface area contributed by atoms with E-state index in [2.05, 4.69) is 23.7 Å². The van der Waals surface area contributed by atoms with Gasteiger partial charge in [0, 0.05) is 19.6 Å². The number of nitrogens with two attached hydrogens (primary N) is 1. The highest BCUT2D eigenvalue weighted by Crippen LogP contribution is 2.32. The van der Waals surface area contributed by atoms with Gasteiger partial charge < -0.3 is 10.6 Å². The minimum absolute atomic E-state index is 0.395. The Hall–Kier alpha value is -0.800. The summed E-state index contributed by atoms with van der Waals surface area (Å²) in [6.45, 7) is 7.17. The summed E-state index contributed by atoms with van der Waals surface area (Å²) in [6.07, 6.45) is 2.41. The molecule has 0 amide bonds. The number of hydrogen-bond donors (Lipinski definition) is 1. The summed E-state index contributed by atoms with van der Waals surface area (Å²) < 4.78 is 0. The molecule has 1 aliphatic heterocycles. The average Bonchev–Trinajstić information content (AvgIpc) is 2.30. The van der Waals surface area contributed by atoms with E-state index >= 15 is 0 Å². The summed E-state index contributed by atoms with van der Waals surface area (Å²) in [4.78, 5) is 6.85. The van der Waals surface area contributed by atoms with E-state index in [4.69, 9.17) is 17.3 Å².